The van der Waals surface area contributed by atoms with Crippen LogP contribution in [0, 0.1) is 5.92 Å². The van der Waals surface area contributed by atoms with E-state index < -0.39 is 5.92 Å². The molecule has 1 heterocycles. The zero-order chi connectivity index (χ0) is 14.5. The molecule has 0 bridgehead atoms. The number of hydrogen-bond donors (Lipinski definition) is 3. The van der Waals surface area contributed by atoms with Gasteiger partial charge in [0.05, 0.1) is 5.92 Å². The molecule has 2 rings (SSSR count). The minimum Gasteiger partial charge on any atom is -0.454 e. The van der Waals surface area contributed by atoms with Crippen LogP contribution in [0.3, 0.4) is 0 Å². The molecule has 1 aliphatic rings. The molecular weight excluding hydrogens is 262 g/mol. The third-order valence-electron chi connectivity index (χ3n) is 3.01. The van der Waals surface area contributed by atoms with Crippen molar-refractivity contribution in [3.63, 3.8) is 0 Å². The van der Waals surface area contributed by atoms with Crippen LogP contribution in [0.1, 0.15) is 19.8 Å². The van der Waals surface area contributed by atoms with Crippen LogP contribution in [-0.2, 0) is 4.79 Å². The van der Waals surface area contributed by atoms with Crippen molar-refractivity contribution in [2.45, 2.75) is 19.8 Å². The van der Waals surface area contributed by atoms with Crippen LogP contribution in [0.4, 0.5) is 5.69 Å². The fraction of sp³-hybridized carbons (Fsp3) is 0.385. The summed E-state index contributed by atoms with van der Waals surface area (Å²) in [4.78, 5) is 12.1. The standard InChI is InChI=1S/C13H17N3O4/c1-2-3-9(12(14)16-18)13(17)15-8-4-5-10-11(6-8)20-7-19-10/h4-6,9,18H,2-3,7H2,1H3,(H2,14,16)(H,15,17). The van der Waals surface area contributed by atoms with Gasteiger partial charge in [-0.2, -0.15) is 0 Å². The van der Waals surface area contributed by atoms with Gasteiger partial charge in [0.15, 0.2) is 17.3 Å². The van der Waals surface area contributed by atoms with E-state index in [1.807, 2.05) is 6.92 Å². The molecule has 108 valence electrons. The van der Waals surface area contributed by atoms with Crippen LogP contribution in [0.2, 0.25) is 0 Å². The van der Waals surface area contributed by atoms with E-state index in [-0.39, 0.29) is 18.5 Å². The zero-order valence-electron chi connectivity index (χ0n) is 11.1. The Bertz CT molecular complexity index is 530. The Hall–Kier alpha value is -2.44. The Morgan fingerprint density at radius 1 is 1.50 bits per heavy atom. The van der Waals surface area contributed by atoms with E-state index in [9.17, 15) is 4.79 Å². The largest absolute Gasteiger partial charge is 0.454 e. The SMILES string of the molecule is CCCC(C(=O)Nc1ccc2c(c1)OCO2)C(N)=NO. The molecule has 0 saturated carbocycles. The highest BCUT2D eigenvalue weighted by atomic mass is 16.7. The summed E-state index contributed by atoms with van der Waals surface area (Å²) < 4.78 is 10.4. The van der Waals surface area contributed by atoms with E-state index >= 15 is 0 Å². The molecule has 7 nitrogen and oxygen atoms in total. The molecule has 1 atom stereocenters. The van der Waals surface area contributed by atoms with E-state index in [0.29, 0.717) is 23.6 Å². The van der Waals surface area contributed by atoms with Crippen LogP contribution in [-0.4, -0.2) is 23.7 Å². The van der Waals surface area contributed by atoms with Crippen molar-refractivity contribution in [1.29, 1.82) is 0 Å². The summed E-state index contributed by atoms with van der Waals surface area (Å²) in [5.74, 6) is 0.157. The number of nitrogens with zero attached hydrogens (tertiary/aromatic N) is 1. The van der Waals surface area contributed by atoms with Crippen molar-refractivity contribution in [2.24, 2.45) is 16.8 Å². The number of oxime groups is 1. The normalized spacial score (nSPS) is 14.9. The smallest absolute Gasteiger partial charge is 0.235 e. The Labute approximate surface area is 116 Å². The maximum Gasteiger partial charge on any atom is 0.235 e. The molecule has 0 aromatic heterocycles. The molecule has 0 spiro atoms. The fourth-order valence-corrected chi connectivity index (χ4v) is 1.98. The lowest BCUT2D eigenvalue weighted by Crippen LogP contribution is -2.34. The number of benzene rings is 1. The van der Waals surface area contributed by atoms with Gasteiger partial charge in [-0.1, -0.05) is 18.5 Å². The predicted octanol–water partition coefficient (Wildman–Crippen LogP) is 1.52. The first-order chi connectivity index (χ1) is 9.65. The molecule has 7 heteroatoms. The number of amidine groups is 1. The van der Waals surface area contributed by atoms with Crippen LogP contribution < -0.4 is 20.5 Å². The number of amides is 1. The van der Waals surface area contributed by atoms with Gasteiger partial charge in [-0.3, -0.25) is 4.79 Å². The highest BCUT2D eigenvalue weighted by Crippen LogP contribution is 2.34. The van der Waals surface area contributed by atoms with Gasteiger partial charge >= 0.3 is 0 Å². The summed E-state index contributed by atoms with van der Waals surface area (Å²) in [7, 11) is 0. The van der Waals surface area contributed by atoms with Crippen LogP contribution >= 0.6 is 0 Å². The van der Waals surface area contributed by atoms with Crippen molar-refractivity contribution >= 4 is 17.4 Å². The summed E-state index contributed by atoms with van der Waals surface area (Å²) >= 11 is 0. The summed E-state index contributed by atoms with van der Waals surface area (Å²) in [6, 6.07) is 5.10. The molecule has 1 unspecified atom stereocenters. The lowest BCUT2D eigenvalue weighted by atomic mass is 10.0. The van der Waals surface area contributed by atoms with Crippen molar-refractivity contribution in [3.05, 3.63) is 18.2 Å². The summed E-state index contributed by atoms with van der Waals surface area (Å²) in [5.41, 5.74) is 6.12. The second-order valence-corrected chi connectivity index (χ2v) is 4.42. The number of nitrogens with two attached hydrogens (primary N) is 1. The number of ether oxygens (including phenoxy) is 2. The number of fused-ring (bicyclic) bond motifs is 1. The number of anilines is 1. The van der Waals surface area contributed by atoms with E-state index in [1.54, 1.807) is 18.2 Å². The molecule has 0 saturated heterocycles. The van der Waals surface area contributed by atoms with Crippen molar-refractivity contribution in [1.82, 2.24) is 0 Å². The first kappa shape index (κ1) is 14.0. The van der Waals surface area contributed by atoms with Gasteiger partial charge in [0.1, 0.15) is 0 Å². The number of carbonyl (C=O) groups excluding carboxylic acids is 1. The summed E-state index contributed by atoms with van der Waals surface area (Å²) in [6.45, 7) is 2.10. The summed E-state index contributed by atoms with van der Waals surface area (Å²) in [5, 5.41) is 14.4. The molecule has 4 N–H and O–H groups in total. The van der Waals surface area contributed by atoms with E-state index in [1.165, 1.54) is 0 Å². The topological polar surface area (TPSA) is 106 Å². The van der Waals surface area contributed by atoms with E-state index in [2.05, 4.69) is 10.5 Å². The minimum atomic E-state index is -0.657. The number of nitrogens with one attached hydrogen (secondary N) is 1. The maximum atomic E-state index is 12.1. The average Bonchev–Trinajstić information content (AvgIpc) is 2.91. The van der Waals surface area contributed by atoms with Gasteiger partial charge in [0.2, 0.25) is 12.7 Å². The van der Waals surface area contributed by atoms with Gasteiger partial charge in [-0.05, 0) is 18.6 Å². The number of carbonyl (C=O) groups is 1. The lowest BCUT2D eigenvalue weighted by Gasteiger charge is -2.14. The second-order valence-electron chi connectivity index (χ2n) is 4.42. The monoisotopic (exact) mass is 279 g/mol. The molecule has 20 heavy (non-hydrogen) atoms. The highest BCUT2D eigenvalue weighted by Gasteiger charge is 2.23. The Kier molecular flexibility index (Phi) is 4.29. The highest BCUT2D eigenvalue weighted by molar-refractivity contribution is 6.07. The van der Waals surface area contributed by atoms with Gasteiger partial charge in [0.25, 0.3) is 0 Å². The van der Waals surface area contributed by atoms with Gasteiger partial charge < -0.3 is 25.7 Å². The van der Waals surface area contributed by atoms with E-state index in [4.69, 9.17) is 20.4 Å². The molecule has 0 fully saturated rings. The molecule has 1 aromatic rings. The molecule has 0 aliphatic carbocycles. The average molecular weight is 279 g/mol. The fourth-order valence-electron chi connectivity index (χ4n) is 1.98. The first-order valence-electron chi connectivity index (χ1n) is 6.33. The second kappa shape index (κ2) is 6.14. The van der Waals surface area contributed by atoms with Gasteiger partial charge in [-0.25, -0.2) is 0 Å². The molecule has 1 aliphatic heterocycles. The number of hydrogen-bond acceptors (Lipinski definition) is 5. The van der Waals surface area contributed by atoms with Gasteiger partial charge in [-0.15, -0.1) is 0 Å². The van der Waals surface area contributed by atoms with Crippen molar-refractivity contribution in [2.75, 3.05) is 12.1 Å². The van der Waals surface area contributed by atoms with E-state index in [0.717, 1.165) is 6.42 Å². The Balaban J connectivity index is 2.09. The summed E-state index contributed by atoms with van der Waals surface area (Å²) in [6.07, 6.45) is 1.25. The van der Waals surface area contributed by atoms with Crippen molar-refractivity contribution < 1.29 is 19.5 Å². The predicted molar refractivity (Wildman–Crippen MR) is 73.0 cm³/mol. The quantitative estimate of drug-likeness (QED) is 0.328. The minimum absolute atomic E-state index is 0.0925. The molecule has 0 radical (unpaired) electrons. The van der Waals surface area contributed by atoms with Gasteiger partial charge in [0, 0.05) is 11.8 Å². The maximum absolute atomic E-state index is 12.1. The Morgan fingerprint density at radius 2 is 2.25 bits per heavy atom. The molecule has 1 amide bonds. The number of rotatable bonds is 5. The first-order valence-corrected chi connectivity index (χ1v) is 6.33. The van der Waals surface area contributed by atoms with Crippen LogP contribution in [0.5, 0.6) is 11.5 Å². The Morgan fingerprint density at radius 3 is 2.95 bits per heavy atom. The van der Waals surface area contributed by atoms with Crippen molar-refractivity contribution in [3.8, 4) is 11.5 Å². The molecular formula is C13H17N3O4. The third kappa shape index (κ3) is 2.93. The molecule has 1 aromatic carbocycles. The lowest BCUT2D eigenvalue weighted by molar-refractivity contribution is -0.118. The van der Waals surface area contributed by atoms with Crippen LogP contribution in [0.15, 0.2) is 23.4 Å². The third-order valence-corrected chi connectivity index (χ3v) is 3.01. The zero-order valence-corrected chi connectivity index (χ0v) is 11.1. The van der Waals surface area contributed by atoms with Crippen LogP contribution in [0.25, 0.3) is 0 Å².